The topological polar surface area (TPSA) is 84.5 Å². The maximum atomic E-state index is 12.4. The van der Waals surface area contributed by atoms with Crippen molar-refractivity contribution in [3.05, 3.63) is 76.0 Å². The molecule has 0 bridgehead atoms. The molecule has 0 spiro atoms. The molecule has 7 heteroatoms. The summed E-state index contributed by atoms with van der Waals surface area (Å²) in [5.74, 6) is -1.47. The Morgan fingerprint density at radius 2 is 1.70 bits per heavy atom. The first kappa shape index (κ1) is 21.3. The number of rotatable bonds is 7. The second-order valence-electron chi connectivity index (χ2n) is 6.68. The first-order valence-electron chi connectivity index (χ1n) is 9.38. The van der Waals surface area contributed by atoms with E-state index >= 15 is 0 Å². The minimum Gasteiger partial charge on any atom is -0.451 e. The maximum absolute atomic E-state index is 12.4. The van der Waals surface area contributed by atoms with E-state index in [0.717, 1.165) is 22.3 Å². The molecule has 1 heterocycles. The van der Waals surface area contributed by atoms with Crippen LogP contribution in [-0.4, -0.2) is 30.9 Å². The summed E-state index contributed by atoms with van der Waals surface area (Å²) in [5.41, 5.74) is 4.40. The summed E-state index contributed by atoms with van der Waals surface area (Å²) in [7, 11) is 0. The fraction of sp³-hybridized carbons (Fsp3) is 0.174. The van der Waals surface area contributed by atoms with Gasteiger partial charge < -0.3 is 15.4 Å². The molecule has 0 unspecified atom stereocenters. The molecule has 0 aliphatic carbocycles. The number of carbonyl (C=O) groups is 3. The largest absolute Gasteiger partial charge is 0.451 e. The summed E-state index contributed by atoms with van der Waals surface area (Å²) in [6.07, 6.45) is 0. The number of ether oxygens (including phenoxy) is 1. The van der Waals surface area contributed by atoms with Gasteiger partial charge >= 0.3 is 5.97 Å². The molecule has 6 nitrogen and oxygen atoms in total. The van der Waals surface area contributed by atoms with E-state index < -0.39 is 18.5 Å². The average Bonchev–Trinajstić information content (AvgIpc) is 3.24. The number of nitrogens with one attached hydrogen (secondary N) is 2. The van der Waals surface area contributed by atoms with Crippen molar-refractivity contribution in [1.29, 1.82) is 0 Å². The Morgan fingerprint density at radius 3 is 2.47 bits per heavy atom. The van der Waals surface area contributed by atoms with Crippen molar-refractivity contribution in [3.63, 3.8) is 0 Å². The van der Waals surface area contributed by atoms with Crippen LogP contribution in [0.3, 0.4) is 0 Å². The standard InChI is InChI=1S/C23H22N2O4S/c1-15-7-6-10-19(16(15)2)25-20(26)13-24-21(27)14-29-23(28)22-18(11-12-30-22)17-8-4-3-5-9-17/h3-12H,13-14H2,1-2H3,(H,24,27)(H,25,26). The number of esters is 1. The van der Waals surface area contributed by atoms with Gasteiger partial charge in [-0.1, -0.05) is 42.5 Å². The Morgan fingerprint density at radius 1 is 0.933 bits per heavy atom. The minimum absolute atomic E-state index is 0.210. The summed E-state index contributed by atoms with van der Waals surface area (Å²) in [5, 5.41) is 7.02. The van der Waals surface area contributed by atoms with E-state index in [1.807, 2.05) is 62.4 Å². The molecule has 0 radical (unpaired) electrons. The molecule has 3 rings (SSSR count). The van der Waals surface area contributed by atoms with Gasteiger partial charge in [0, 0.05) is 11.3 Å². The van der Waals surface area contributed by atoms with Crippen molar-refractivity contribution >= 4 is 34.8 Å². The van der Waals surface area contributed by atoms with E-state index in [2.05, 4.69) is 10.6 Å². The SMILES string of the molecule is Cc1cccc(NC(=O)CNC(=O)COC(=O)c2sccc2-c2ccccc2)c1C. The van der Waals surface area contributed by atoms with Gasteiger partial charge in [-0.2, -0.15) is 0 Å². The molecule has 0 atom stereocenters. The third-order valence-corrected chi connectivity index (χ3v) is 5.49. The number of anilines is 1. The van der Waals surface area contributed by atoms with Crippen molar-refractivity contribution in [2.45, 2.75) is 13.8 Å². The zero-order valence-corrected chi connectivity index (χ0v) is 17.5. The number of hydrogen-bond donors (Lipinski definition) is 2. The molecule has 0 saturated heterocycles. The van der Waals surface area contributed by atoms with Gasteiger partial charge in [0.1, 0.15) is 4.88 Å². The lowest BCUT2D eigenvalue weighted by Crippen LogP contribution is -2.35. The Bertz CT molecular complexity index is 1060. The fourth-order valence-electron chi connectivity index (χ4n) is 2.82. The fourth-order valence-corrected chi connectivity index (χ4v) is 3.63. The first-order valence-corrected chi connectivity index (χ1v) is 10.3. The number of thiophene rings is 1. The van der Waals surface area contributed by atoms with Gasteiger partial charge in [0.15, 0.2) is 6.61 Å². The Balaban J connectivity index is 1.48. The summed E-state index contributed by atoms with van der Waals surface area (Å²) >= 11 is 1.26. The highest BCUT2D eigenvalue weighted by Crippen LogP contribution is 2.28. The van der Waals surface area contributed by atoms with E-state index in [-0.39, 0.29) is 12.5 Å². The monoisotopic (exact) mass is 422 g/mol. The normalized spacial score (nSPS) is 10.3. The lowest BCUT2D eigenvalue weighted by Gasteiger charge is -2.11. The molecule has 1 aromatic heterocycles. The summed E-state index contributed by atoms with van der Waals surface area (Å²) in [4.78, 5) is 36.9. The van der Waals surface area contributed by atoms with Crippen molar-refractivity contribution < 1.29 is 19.1 Å². The highest BCUT2D eigenvalue weighted by Gasteiger charge is 2.17. The Kier molecular flexibility index (Phi) is 6.98. The predicted octanol–water partition coefficient (Wildman–Crippen LogP) is 3.94. The maximum Gasteiger partial charge on any atom is 0.349 e. The third kappa shape index (κ3) is 5.33. The smallest absolute Gasteiger partial charge is 0.349 e. The van der Waals surface area contributed by atoms with Crippen LogP contribution >= 0.6 is 11.3 Å². The number of hydrogen-bond acceptors (Lipinski definition) is 5. The van der Waals surface area contributed by atoms with Crippen molar-refractivity contribution in [3.8, 4) is 11.1 Å². The highest BCUT2D eigenvalue weighted by atomic mass is 32.1. The van der Waals surface area contributed by atoms with Gasteiger partial charge in [0.25, 0.3) is 5.91 Å². The molecule has 2 aromatic carbocycles. The Hall–Kier alpha value is -3.45. The summed E-state index contributed by atoms with van der Waals surface area (Å²) in [6.45, 7) is 3.20. The van der Waals surface area contributed by atoms with Gasteiger partial charge in [-0.3, -0.25) is 9.59 Å². The molecule has 30 heavy (non-hydrogen) atoms. The second kappa shape index (κ2) is 9.84. The lowest BCUT2D eigenvalue weighted by molar-refractivity contribution is -0.126. The van der Waals surface area contributed by atoms with Gasteiger partial charge in [-0.15, -0.1) is 11.3 Å². The van der Waals surface area contributed by atoms with Crippen LogP contribution in [0.4, 0.5) is 5.69 Å². The highest BCUT2D eigenvalue weighted by molar-refractivity contribution is 7.12. The van der Waals surface area contributed by atoms with E-state index in [9.17, 15) is 14.4 Å². The molecular weight excluding hydrogens is 400 g/mol. The molecule has 154 valence electrons. The van der Waals surface area contributed by atoms with Gasteiger partial charge in [-0.25, -0.2) is 4.79 Å². The first-order chi connectivity index (χ1) is 14.5. The molecular formula is C23H22N2O4S. The molecule has 0 aliphatic rings. The van der Waals surface area contributed by atoms with Crippen LogP contribution in [-0.2, 0) is 14.3 Å². The van der Waals surface area contributed by atoms with Crippen LogP contribution in [0.5, 0.6) is 0 Å². The van der Waals surface area contributed by atoms with Crippen LogP contribution < -0.4 is 10.6 Å². The van der Waals surface area contributed by atoms with Crippen LogP contribution in [0, 0.1) is 13.8 Å². The number of aryl methyl sites for hydroxylation is 1. The minimum atomic E-state index is -0.571. The zero-order valence-electron chi connectivity index (χ0n) is 16.7. The zero-order chi connectivity index (χ0) is 21.5. The predicted molar refractivity (Wildman–Crippen MR) is 118 cm³/mol. The van der Waals surface area contributed by atoms with E-state index in [0.29, 0.717) is 10.6 Å². The van der Waals surface area contributed by atoms with Crippen molar-refractivity contribution in [2.75, 3.05) is 18.5 Å². The Labute approximate surface area is 178 Å². The second-order valence-corrected chi connectivity index (χ2v) is 7.59. The molecule has 2 amide bonds. The van der Waals surface area contributed by atoms with Gasteiger partial charge in [-0.05, 0) is 48.1 Å². The van der Waals surface area contributed by atoms with Crippen LogP contribution in [0.15, 0.2) is 60.0 Å². The summed E-state index contributed by atoms with van der Waals surface area (Å²) < 4.78 is 5.12. The van der Waals surface area contributed by atoms with E-state index in [4.69, 9.17) is 4.74 Å². The average molecular weight is 423 g/mol. The molecule has 0 fully saturated rings. The lowest BCUT2D eigenvalue weighted by atomic mass is 10.1. The number of carbonyl (C=O) groups excluding carboxylic acids is 3. The molecule has 0 saturated carbocycles. The van der Waals surface area contributed by atoms with Crippen LogP contribution in [0.25, 0.3) is 11.1 Å². The quantitative estimate of drug-likeness (QED) is 0.565. The number of amides is 2. The van der Waals surface area contributed by atoms with E-state index in [1.54, 1.807) is 11.4 Å². The van der Waals surface area contributed by atoms with E-state index in [1.165, 1.54) is 11.3 Å². The molecule has 3 aromatic rings. The van der Waals surface area contributed by atoms with Crippen molar-refractivity contribution in [1.82, 2.24) is 5.32 Å². The third-order valence-electron chi connectivity index (χ3n) is 4.59. The van der Waals surface area contributed by atoms with Crippen molar-refractivity contribution in [2.24, 2.45) is 0 Å². The summed E-state index contributed by atoms with van der Waals surface area (Å²) in [6, 6.07) is 16.9. The van der Waals surface area contributed by atoms with Crippen LogP contribution in [0.1, 0.15) is 20.8 Å². The molecule has 0 aliphatic heterocycles. The van der Waals surface area contributed by atoms with Gasteiger partial charge in [0.2, 0.25) is 5.91 Å². The van der Waals surface area contributed by atoms with Crippen LogP contribution in [0.2, 0.25) is 0 Å². The number of benzene rings is 2. The molecule has 2 N–H and O–H groups in total. The van der Waals surface area contributed by atoms with Gasteiger partial charge in [0.05, 0.1) is 6.54 Å².